The number of hydrogen-bond acceptors (Lipinski definition) is 1. The van der Waals surface area contributed by atoms with Crippen molar-refractivity contribution < 1.29 is 4.79 Å². The van der Waals surface area contributed by atoms with Gasteiger partial charge < -0.3 is 5.32 Å². The number of hydrogen-bond donors (Lipinski definition) is 1. The normalized spacial score (nSPS) is 18.2. The topological polar surface area (TPSA) is 29.1 Å². The number of unbranched alkanes of at least 4 members (excludes halogenated alkanes) is 9. The zero-order chi connectivity index (χ0) is 14.5. The van der Waals surface area contributed by atoms with E-state index in [1.54, 1.807) is 0 Å². The van der Waals surface area contributed by atoms with Gasteiger partial charge in [0.2, 0.25) is 5.91 Å². The Labute approximate surface area is 125 Å². The Kier molecular flexibility index (Phi) is 10.3. The van der Waals surface area contributed by atoms with Gasteiger partial charge in [0.25, 0.3) is 0 Å². The van der Waals surface area contributed by atoms with Crippen molar-refractivity contribution in [2.24, 2.45) is 0 Å². The lowest BCUT2D eigenvalue weighted by atomic mass is 9.99. The van der Waals surface area contributed by atoms with Gasteiger partial charge in [0.1, 0.15) is 0 Å². The molecule has 0 aliphatic carbocycles. The summed E-state index contributed by atoms with van der Waals surface area (Å²) in [6.45, 7) is 2.27. The fourth-order valence-corrected chi connectivity index (χ4v) is 2.71. The van der Waals surface area contributed by atoms with Crippen molar-refractivity contribution in [3.63, 3.8) is 0 Å². The molecule has 2 heteroatoms. The van der Waals surface area contributed by atoms with Gasteiger partial charge in [-0.25, -0.2) is 0 Å². The molecule has 0 aromatic rings. The lowest BCUT2D eigenvalue weighted by Crippen LogP contribution is -2.48. The highest BCUT2D eigenvalue weighted by molar-refractivity contribution is 5.82. The molecule has 0 saturated carbocycles. The maximum atomic E-state index is 10.7. The van der Waals surface area contributed by atoms with E-state index >= 15 is 0 Å². The average Bonchev–Trinajstić information content (AvgIpc) is 2.41. The Morgan fingerprint density at radius 3 is 2.10 bits per heavy atom. The first-order valence-electron chi connectivity index (χ1n) is 8.77. The van der Waals surface area contributed by atoms with Crippen molar-refractivity contribution in [3.8, 4) is 0 Å². The molecule has 0 radical (unpaired) electrons. The van der Waals surface area contributed by atoms with Gasteiger partial charge in [-0.05, 0) is 32.1 Å². The Morgan fingerprint density at radius 1 is 0.950 bits per heavy atom. The molecule has 1 unspecified atom stereocenters. The van der Waals surface area contributed by atoms with Gasteiger partial charge >= 0.3 is 0 Å². The molecular formula is C18H33NO. The van der Waals surface area contributed by atoms with E-state index < -0.39 is 0 Å². The third-order valence-corrected chi connectivity index (χ3v) is 4.11. The summed E-state index contributed by atoms with van der Waals surface area (Å²) in [5.41, 5.74) is 0. The van der Waals surface area contributed by atoms with Crippen LogP contribution in [0.15, 0.2) is 12.2 Å². The molecule has 1 N–H and O–H groups in total. The first-order valence-corrected chi connectivity index (χ1v) is 8.77. The van der Waals surface area contributed by atoms with E-state index in [0.717, 1.165) is 6.42 Å². The number of carbonyl (C=O) groups excluding carboxylic acids is 1. The molecule has 116 valence electrons. The summed E-state index contributed by atoms with van der Waals surface area (Å²) < 4.78 is 0. The minimum absolute atomic E-state index is 0.229. The van der Waals surface area contributed by atoms with E-state index in [9.17, 15) is 4.79 Å². The van der Waals surface area contributed by atoms with Gasteiger partial charge in [-0.2, -0.15) is 0 Å². The van der Waals surface area contributed by atoms with E-state index in [1.807, 2.05) is 0 Å². The van der Waals surface area contributed by atoms with E-state index in [-0.39, 0.29) is 5.91 Å². The minimum Gasteiger partial charge on any atom is -0.353 e. The molecule has 1 atom stereocenters. The highest BCUT2D eigenvalue weighted by Crippen LogP contribution is 2.14. The highest BCUT2D eigenvalue weighted by Gasteiger charge is 2.23. The molecule has 1 aliphatic heterocycles. The van der Waals surface area contributed by atoms with Gasteiger partial charge in [-0.3, -0.25) is 4.79 Å². The van der Waals surface area contributed by atoms with Crippen molar-refractivity contribution in [1.82, 2.24) is 5.32 Å². The van der Waals surface area contributed by atoms with Gasteiger partial charge in [0, 0.05) is 12.5 Å². The molecule has 1 rings (SSSR count). The van der Waals surface area contributed by atoms with E-state index in [4.69, 9.17) is 0 Å². The Balaban J connectivity index is 1.72. The Hall–Kier alpha value is -0.790. The van der Waals surface area contributed by atoms with Crippen LogP contribution in [0.25, 0.3) is 0 Å². The van der Waals surface area contributed by atoms with Crippen LogP contribution >= 0.6 is 0 Å². The molecule has 0 aromatic carbocycles. The van der Waals surface area contributed by atoms with E-state index in [0.29, 0.717) is 6.04 Å². The minimum atomic E-state index is 0.229. The number of β-lactam (4-membered cyclic amide) rings is 1. The van der Waals surface area contributed by atoms with Crippen molar-refractivity contribution in [3.05, 3.63) is 12.2 Å². The first-order chi connectivity index (χ1) is 9.83. The van der Waals surface area contributed by atoms with Crippen LogP contribution in [0.5, 0.6) is 0 Å². The molecule has 2 nitrogen and oxygen atoms in total. The molecule has 0 spiro atoms. The van der Waals surface area contributed by atoms with Crippen LogP contribution in [0.2, 0.25) is 0 Å². The molecule has 0 bridgehead atoms. The molecule has 0 aromatic heterocycles. The maximum absolute atomic E-state index is 10.7. The predicted molar refractivity (Wildman–Crippen MR) is 86.8 cm³/mol. The summed E-state index contributed by atoms with van der Waals surface area (Å²) in [5.74, 6) is 0.229. The van der Waals surface area contributed by atoms with Crippen LogP contribution < -0.4 is 5.32 Å². The fraction of sp³-hybridized carbons (Fsp3) is 0.833. The molecular weight excluding hydrogens is 246 g/mol. The van der Waals surface area contributed by atoms with Gasteiger partial charge in [-0.15, -0.1) is 0 Å². The number of carbonyl (C=O) groups is 1. The van der Waals surface area contributed by atoms with Crippen LogP contribution in [0.1, 0.15) is 90.4 Å². The smallest absolute Gasteiger partial charge is 0.222 e. The zero-order valence-electron chi connectivity index (χ0n) is 13.3. The van der Waals surface area contributed by atoms with Gasteiger partial charge in [-0.1, -0.05) is 64.0 Å². The van der Waals surface area contributed by atoms with E-state index in [2.05, 4.69) is 24.4 Å². The number of nitrogens with one attached hydrogen (secondary N) is 1. The van der Waals surface area contributed by atoms with E-state index in [1.165, 1.54) is 77.0 Å². The van der Waals surface area contributed by atoms with Crippen molar-refractivity contribution in [2.75, 3.05) is 0 Å². The molecule has 1 aliphatic rings. The Morgan fingerprint density at radius 2 is 1.50 bits per heavy atom. The largest absolute Gasteiger partial charge is 0.353 e. The molecule has 1 heterocycles. The second-order valence-corrected chi connectivity index (χ2v) is 6.13. The monoisotopic (exact) mass is 279 g/mol. The maximum Gasteiger partial charge on any atom is 0.222 e. The quantitative estimate of drug-likeness (QED) is 0.282. The van der Waals surface area contributed by atoms with Crippen LogP contribution in [-0.4, -0.2) is 11.9 Å². The third kappa shape index (κ3) is 9.17. The van der Waals surface area contributed by atoms with Gasteiger partial charge in [0.05, 0.1) is 0 Å². The summed E-state index contributed by atoms with van der Waals surface area (Å²) in [6, 6.07) is 0.491. The Bertz CT molecular complexity index is 265. The highest BCUT2D eigenvalue weighted by atomic mass is 16.2. The standard InChI is InChI=1S/C18H33NO/c1-2-3-4-5-6-7-8-9-10-11-12-13-14-15-17-16-18(20)19-17/h9-10,17H,2-8,11-16H2,1H3,(H,19,20)/b10-9-. The predicted octanol–water partition coefficient (Wildman–Crippen LogP) is 5.13. The molecule has 1 saturated heterocycles. The van der Waals surface area contributed by atoms with Gasteiger partial charge in [0.15, 0.2) is 0 Å². The average molecular weight is 279 g/mol. The lowest BCUT2D eigenvalue weighted by Gasteiger charge is -2.26. The second-order valence-electron chi connectivity index (χ2n) is 6.13. The molecule has 1 amide bonds. The van der Waals surface area contributed by atoms with Crippen LogP contribution in [0, 0.1) is 0 Å². The van der Waals surface area contributed by atoms with Crippen LogP contribution in [0.3, 0.4) is 0 Å². The summed E-state index contributed by atoms with van der Waals surface area (Å²) in [7, 11) is 0. The van der Waals surface area contributed by atoms with Crippen LogP contribution in [0.4, 0.5) is 0 Å². The first kappa shape index (κ1) is 17.3. The lowest BCUT2D eigenvalue weighted by molar-refractivity contribution is -0.128. The SMILES string of the molecule is CCCCCCCC/C=C\CCCCCC1CC(=O)N1. The fourth-order valence-electron chi connectivity index (χ4n) is 2.71. The van der Waals surface area contributed by atoms with Crippen molar-refractivity contribution in [1.29, 1.82) is 0 Å². The third-order valence-electron chi connectivity index (χ3n) is 4.11. The number of rotatable bonds is 13. The zero-order valence-corrected chi connectivity index (χ0v) is 13.3. The molecule has 1 fully saturated rings. The summed E-state index contributed by atoms with van der Waals surface area (Å²) in [6.07, 6.45) is 21.4. The number of allylic oxidation sites excluding steroid dienone is 2. The summed E-state index contributed by atoms with van der Waals surface area (Å²) in [4.78, 5) is 10.7. The summed E-state index contributed by atoms with van der Waals surface area (Å²) in [5, 5.41) is 2.93. The number of amides is 1. The second kappa shape index (κ2) is 12.0. The van der Waals surface area contributed by atoms with Crippen molar-refractivity contribution in [2.45, 2.75) is 96.4 Å². The molecule has 20 heavy (non-hydrogen) atoms. The van der Waals surface area contributed by atoms with Crippen LogP contribution in [-0.2, 0) is 4.79 Å². The summed E-state index contributed by atoms with van der Waals surface area (Å²) >= 11 is 0. The van der Waals surface area contributed by atoms with Crippen molar-refractivity contribution >= 4 is 5.91 Å².